The lowest BCUT2D eigenvalue weighted by molar-refractivity contribution is -0.385. The molecular formula is C13H11ClN2O4. The third kappa shape index (κ3) is 3.04. The fourth-order valence-electron chi connectivity index (χ4n) is 1.56. The molecule has 104 valence electrons. The maximum absolute atomic E-state index is 10.9. The summed E-state index contributed by atoms with van der Waals surface area (Å²) in [5.41, 5.74) is 0.253. The van der Waals surface area contributed by atoms with E-state index in [-0.39, 0.29) is 16.5 Å². The molecule has 1 atom stereocenters. The molecule has 1 heterocycles. The number of aromatic nitrogens is 1. The SMILES string of the molecule is CC(O)c1ccc(Oc2c(Cl)cccc2[N+](=O)[O-])cn1. The van der Waals surface area contributed by atoms with E-state index in [1.807, 2.05) is 0 Å². The van der Waals surface area contributed by atoms with E-state index < -0.39 is 11.0 Å². The minimum absolute atomic E-state index is 0.0363. The summed E-state index contributed by atoms with van der Waals surface area (Å²) in [5, 5.41) is 20.4. The molecular weight excluding hydrogens is 284 g/mol. The molecule has 0 radical (unpaired) electrons. The molecule has 1 aromatic carbocycles. The number of rotatable bonds is 4. The summed E-state index contributed by atoms with van der Waals surface area (Å²) < 4.78 is 5.42. The maximum atomic E-state index is 10.9. The second-order valence-electron chi connectivity index (χ2n) is 4.04. The van der Waals surface area contributed by atoms with Crippen LogP contribution in [0.5, 0.6) is 11.5 Å². The van der Waals surface area contributed by atoms with Crippen molar-refractivity contribution in [3.05, 3.63) is 57.4 Å². The molecule has 1 aromatic heterocycles. The van der Waals surface area contributed by atoms with Crippen LogP contribution in [0, 0.1) is 10.1 Å². The van der Waals surface area contributed by atoms with Crippen molar-refractivity contribution in [2.75, 3.05) is 0 Å². The number of nitro benzene ring substituents is 1. The number of benzene rings is 1. The Morgan fingerprint density at radius 3 is 2.70 bits per heavy atom. The molecule has 0 amide bonds. The average Bonchev–Trinajstić information content (AvgIpc) is 2.41. The van der Waals surface area contributed by atoms with Gasteiger partial charge >= 0.3 is 5.69 Å². The summed E-state index contributed by atoms with van der Waals surface area (Å²) in [6, 6.07) is 7.41. The largest absolute Gasteiger partial charge is 0.447 e. The van der Waals surface area contributed by atoms with Crippen molar-refractivity contribution in [2.45, 2.75) is 13.0 Å². The normalized spacial score (nSPS) is 11.9. The number of para-hydroxylation sites is 1. The Morgan fingerprint density at radius 1 is 1.40 bits per heavy atom. The summed E-state index contributed by atoms with van der Waals surface area (Å²) >= 11 is 5.92. The second kappa shape index (κ2) is 5.85. The van der Waals surface area contributed by atoms with Gasteiger partial charge in [0.1, 0.15) is 5.75 Å². The quantitative estimate of drug-likeness (QED) is 0.689. The number of ether oxygens (including phenoxy) is 1. The zero-order valence-electron chi connectivity index (χ0n) is 10.5. The van der Waals surface area contributed by atoms with E-state index in [1.54, 1.807) is 19.1 Å². The van der Waals surface area contributed by atoms with Gasteiger partial charge in [0.25, 0.3) is 0 Å². The van der Waals surface area contributed by atoms with Crippen LogP contribution in [0.2, 0.25) is 5.02 Å². The maximum Gasteiger partial charge on any atom is 0.313 e. The number of aliphatic hydroxyl groups is 1. The molecule has 0 spiro atoms. The van der Waals surface area contributed by atoms with Crippen LogP contribution < -0.4 is 4.74 Å². The number of halogens is 1. The Hall–Kier alpha value is -2.18. The van der Waals surface area contributed by atoms with E-state index in [0.29, 0.717) is 11.4 Å². The zero-order chi connectivity index (χ0) is 14.7. The number of nitrogens with zero attached hydrogens (tertiary/aromatic N) is 2. The van der Waals surface area contributed by atoms with Crippen LogP contribution in [0.15, 0.2) is 36.5 Å². The first-order chi connectivity index (χ1) is 9.49. The lowest BCUT2D eigenvalue weighted by Gasteiger charge is -2.09. The van der Waals surface area contributed by atoms with Crippen molar-refractivity contribution in [1.29, 1.82) is 0 Å². The van der Waals surface area contributed by atoms with E-state index >= 15 is 0 Å². The van der Waals surface area contributed by atoms with Gasteiger partial charge in [0, 0.05) is 6.07 Å². The molecule has 6 nitrogen and oxygen atoms in total. The third-order valence-electron chi connectivity index (χ3n) is 2.55. The highest BCUT2D eigenvalue weighted by atomic mass is 35.5. The van der Waals surface area contributed by atoms with Gasteiger partial charge in [-0.3, -0.25) is 15.1 Å². The van der Waals surface area contributed by atoms with Crippen LogP contribution in [0.1, 0.15) is 18.7 Å². The second-order valence-corrected chi connectivity index (χ2v) is 4.45. The first-order valence-corrected chi connectivity index (χ1v) is 6.11. The van der Waals surface area contributed by atoms with Gasteiger partial charge in [-0.1, -0.05) is 17.7 Å². The zero-order valence-corrected chi connectivity index (χ0v) is 11.2. The topological polar surface area (TPSA) is 85.5 Å². The van der Waals surface area contributed by atoms with E-state index in [4.69, 9.17) is 16.3 Å². The monoisotopic (exact) mass is 294 g/mol. The van der Waals surface area contributed by atoms with Crippen molar-refractivity contribution in [2.24, 2.45) is 0 Å². The summed E-state index contributed by atoms with van der Waals surface area (Å²) in [6.45, 7) is 1.59. The van der Waals surface area contributed by atoms with Gasteiger partial charge in [0.15, 0.2) is 0 Å². The first kappa shape index (κ1) is 14.2. The van der Waals surface area contributed by atoms with Gasteiger partial charge in [-0.15, -0.1) is 0 Å². The van der Waals surface area contributed by atoms with Crippen LogP contribution in [0.25, 0.3) is 0 Å². The fraction of sp³-hybridized carbons (Fsp3) is 0.154. The van der Waals surface area contributed by atoms with Gasteiger partial charge in [-0.2, -0.15) is 0 Å². The fourth-order valence-corrected chi connectivity index (χ4v) is 1.77. The van der Waals surface area contributed by atoms with Gasteiger partial charge in [0.05, 0.1) is 27.9 Å². The molecule has 1 unspecified atom stereocenters. The van der Waals surface area contributed by atoms with Crippen molar-refractivity contribution < 1.29 is 14.8 Å². The van der Waals surface area contributed by atoms with Crippen LogP contribution in [-0.4, -0.2) is 15.0 Å². The molecule has 2 rings (SSSR count). The smallest absolute Gasteiger partial charge is 0.313 e. The molecule has 0 aliphatic carbocycles. The average molecular weight is 295 g/mol. The summed E-state index contributed by atoms with van der Waals surface area (Å²) in [6.07, 6.45) is 0.674. The highest BCUT2D eigenvalue weighted by Gasteiger charge is 2.19. The minimum Gasteiger partial charge on any atom is -0.447 e. The number of hydrogen-bond acceptors (Lipinski definition) is 5. The highest BCUT2D eigenvalue weighted by Crippen LogP contribution is 2.37. The van der Waals surface area contributed by atoms with Gasteiger partial charge < -0.3 is 9.84 Å². The Labute approximate surface area is 119 Å². The standard InChI is InChI=1S/C13H11ClN2O4/c1-8(17)11-6-5-9(7-15-11)20-13-10(14)3-2-4-12(13)16(18)19/h2-8,17H,1H3. The molecule has 20 heavy (non-hydrogen) atoms. The summed E-state index contributed by atoms with van der Waals surface area (Å²) in [4.78, 5) is 14.3. The lowest BCUT2D eigenvalue weighted by Crippen LogP contribution is -1.97. The van der Waals surface area contributed by atoms with E-state index in [0.717, 1.165) is 0 Å². The van der Waals surface area contributed by atoms with Crippen LogP contribution >= 0.6 is 11.6 Å². The third-order valence-corrected chi connectivity index (χ3v) is 2.85. The molecule has 0 saturated carbocycles. The Bertz CT molecular complexity index is 629. The van der Waals surface area contributed by atoms with E-state index in [1.165, 1.54) is 24.4 Å². The number of pyridine rings is 1. The molecule has 0 saturated heterocycles. The first-order valence-electron chi connectivity index (χ1n) is 5.74. The van der Waals surface area contributed by atoms with Crippen molar-refractivity contribution >= 4 is 17.3 Å². The van der Waals surface area contributed by atoms with Gasteiger partial charge in [-0.25, -0.2) is 0 Å². The van der Waals surface area contributed by atoms with E-state index in [9.17, 15) is 15.2 Å². The van der Waals surface area contributed by atoms with Crippen LogP contribution in [0.4, 0.5) is 5.69 Å². The van der Waals surface area contributed by atoms with Crippen molar-refractivity contribution in [3.63, 3.8) is 0 Å². The van der Waals surface area contributed by atoms with Gasteiger partial charge in [0.2, 0.25) is 5.75 Å². The molecule has 0 aliphatic rings. The Balaban J connectivity index is 2.32. The predicted octanol–water partition coefficient (Wildman–Crippen LogP) is 3.49. The summed E-state index contributed by atoms with van der Waals surface area (Å²) in [7, 11) is 0. The number of hydrogen-bond donors (Lipinski definition) is 1. The van der Waals surface area contributed by atoms with Crippen molar-refractivity contribution in [3.8, 4) is 11.5 Å². The van der Waals surface area contributed by atoms with E-state index in [2.05, 4.69) is 4.98 Å². The minimum atomic E-state index is -0.696. The van der Waals surface area contributed by atoms with Crippen LogP contribution in [-0.2, 0) is 0 Å². The van der Waals surface area contributed by atoms with Crippen LogP contribution in [0.3, 0.4) is 0 Å². The molecule has 1 N–H and O–H groups in total. The Morgan fingerprint density at radius 2 is 2.15 bits per heavy atom. The lowest BCUT2D eigenvalue weighted by atomic mass is 10.2. The molecule has 0 fully saturated rings. The number of aliphatic hydroxyl groups excluding tert-OH is 1. The van der Waals surface area contributed by atoms with Gasteiger partial charge in [-0.05, 0) is 25.1 Å². The number of nitro groups is 1. The molecule has 7 heteroatoms. The van der Waals surface area contributed by atoms with Crippen molar-refractivity contribution in [1.82, 2.24) is 4.98 Å². The Kier molecular flexibility index (Phi) is 4.16. The molecule has 2 aromatic rings. The highest BCUT2D eigenvalue weighted by molar-refractivity contribution is 6.32. The molecule has 0 aliphatic heterocycles. The molecule has 0 bridgehead atoms. The predicted molar refractivity (Wildman–Crippen MR) is 73.1 cm³/mol. The summed E-state index contributed by atoms with van der Waals surface area (Å²) in [5.74, 6) is 0.261.